The van der Waals surface area contributed by atoms with Crippen LogP contribution < -0.4 is 5.32 Å². The molecule has 0 heterocycles. The largest absolute Gasteiger partial charge is 0.508 e. The van der Waals surface area contributed by atoms with E-state index in [1.54, 1.807) is 6.07 Å². The van der Waals surface area contributed by atoms with Crippen molar-refractivity contribution in [3.05, 3.63) is 29.3 Å². The summed E-state index contributed by atoms with van der Waals surface area (Å²) in [5.41, 5.74) is 2.54. The first-order chi connectivity index (χ1) is 8.70. The van der Waals surface area contributed by atoms with Crippen molar-refractivity contribution in [2.45, 2.75) is 32.2 Å². The Morgan fingerprint density at radius 1 is 1.50 bits per heavy atom. The van der Waals surface area contributed by atoms with Crippen LogP contribution in [0.3, 0.4) is 0 Å². The molecule has 3 nitrogen and oxygen atoms in total. The maximum Gasteiger partial charge on any atom is 0.115 e. The molecule has 1 aliphatic carbocycles. The van der Waals surface area contributed by atoms with Gasteiger partial charge < -0.3 is 10.4 Å². The van der Waals surface area contributed by atoms with Gasteiger partial charge >= 0.3 is 0 Å². The number of fused-ring (bicyclic) bond motifs is 1. The molecule has 1 aliphatic rings. The lowest BCUT2D eigenvalue weighted by atomic mass is 9.87. The van der Waals surface area contributed by atoms with Gasteiger partial charge in [-0.1, -0.05) is 13.0 Å². The second kappa shape index (κ2) is 6.34. The molecule has 0 fully saturated rings. The molecule has 0 aliphatic heterocycles. The van der Waals surface area contributed by atoms with Crippen molar-refractivity contribution < 1.29 is 9.32 Å². The van der Waals surface area contributed by atoms with Crippen LogP contribution in [-0.4, -0.2) is 27.4 Å². The van der Waals surface area contributed by atoms with Gasteiger partial charge in [0.15, 0.2) is 0 Å². The number of hydrogen-bond donors (Lipinski definition) is 2. The maximum atomic E-state index is 11.4. The van der Waals surface area contributed by atoms with Gasteiger partial charge in [0.1, 0.15) is 5.75 Å². The molecule has 0 bridgehead atoms. The smallest absolute Gasteiger partial charge is 0.115 e. The van der Waals surface area contributed by atoms with Crippen molar-refractivity contribution >= 4 is 10.8 Å². The second-order valence-corrected chi connectivity index (χ2v) is 6.58. The van der Waals surface area contributed by atoms with Gasteiger partial charge in [0.25, 0.3) is 0 Å². The minimum atomic E-state index is -0.695. The van der Waals surface area contributed by atoms with Gasteiger partial charge in [-0.05, 0) is 42.5 Å². The van der Waals surface area contributed by atoms with E-state index in [2.05, 4.69) is 5.32 Å². The highest BCUT2D eigenvalue weighted by Gasteiger charge is 2.19. The second-order valence-electron chi connectivity index (χ2n) is 4.71. The molecular formula is C14H21NO2S. The highest BCUT2D eigenvalue weighted by atomic mass is 32.2. The number of aromatic hydroxyl groups is 1. The van der Waals surface area contributed by atoms with Crippen molar-refractivity contribution in [2.75, 3.05) is 18.1 Å². The molecule has 18 heavy (non-hydrogen) atoms. The first kappa shape index (κ1) is 13.6. The standard InChI is InChI=1S/C14H21NO2S/c1-2-18(17)9-8-15-14-5-3-4-11-10-12(16)6-7-13(11)14/h6-7,10,14-16H,2-5,8-9H2,1H3. The SMILES string of the molecule is CCS(=O)CCNC1CCCc2cc(O)ccc21. The Hall–Kier alpha value is -0.870. The van der Waals surface area contributed by atoms with Crippen LogP contribution in [0.15, 0.2) is 18.2 Å². The molecule has 1 aromatic carbocycles. The summed E-state index contributed by atoms with van der Waals surface area (Å²) in [7, 11) is -0.695. The normalized spacial score (nSPS) is 20.4. The van der Waals surface area contributed by atoms with Gasteiger partial charge in [0.05, 0.1) is 0 Å². The van der Waals surface area contributed by atoms with E-state index in [1.165, 1.54) is 11.1 Å². The Labute approximate surface area is 111 Å². The summed E-state index contributed by atoms with van der Waals surface area (Å²) in [4.78, 5) is 0. The molecule has 0 saturated heterocycles. The van der Waals surface area contributed by atoms with Crippen molar-refractivity contribution in [1.29, 1.82) is 0 Å². The fourth-order valence-corrected chi connectivity index (χ4v) is 3.14. The van der Waals surface area contributed by atoms with E-state index in [0.29, 0.717) is 11.8 Å². The van der Waals surface area contributed by atoms with Crippen molar-refractivity contribution in [3.8, 4) is 5.75 Å². The van der Waals surface area contributed by atoms with Crippen LogP contribution in [0.2, 0.25) is 0 Å². The van der Waals surface area contributed by atoms with E-state index in [4.69, 9.17) is 0 Å². The lowest BCUT2D eigenvalue weighted by molar-refractivity contribution is 0.457. The lowest BCUT2D eigenvalue weighted by Gasteiger charge is -2.26. The molecule has 2 N–H and O–H groups in total. The molecular weight excluding hydrogens is 246 g/mol. The zero-order valence-corrected chi connectivity index (χ0v) is 11.6. The van der Waals surface area contributed by atoms with Gasteiger partial charge in [-0.3, -0.25) is 4.21 Å². The third-order valence-electron chi connectivity index (χ3n) is 3.48. The zero-order valence-electron chi connectivity index (χ0n) is 10.8. The zero-order chi connectivity index (χ0) is 13.0. The van der Waals surface area contributed by atoms with Gasteiger partial charge in [-0.25, -0.2) is 0 Å². The molecule has 4 heteroatoms. The molecule has 2 rings (SSSR count). The lowest BCUT2D eigenvalue weighted by Crippen LogP contribution is -2.28. The monoisotopic (exact) mass is 267 g/mol. The van der Waals surface area contributed by atoms with Crippen molar-refractivity contribution in [2.24, 2.45) is 0 Å². The average Bonchev–Trinajstić information content (AvgIpc) is 2.38. The minimum Gasteiger partial charge on any atom is -0.508 e. The molecule has 1 aromatic rings. The molecule has 2 unspecified atom stereocenters. The summed E-state index contributed by atoms with van der Waals surface area (Å²) in [5, 5.41) is 13.0. The van der Waals surface area contributed by atoms with E-state index in [9.17, 15) is 9.32 Å². The summed E-state index contributed by atoms with van der Waals surface area (Å²) in [6.07, 6.45) is 3.31. The number of phenols is 1. The van der Waals surface area contributed by atoms with E-state index in [-0.39, 0.29) is 0 Å². The van der Waals surface area contributed by atoms with E-state index in [1.807, 2.05) is 19.1 Å². The Morgan fingerprint density at radius 3 is 3.11 bits per heavy atom. The summed E-state index contributed by atoms with van der Waals surface area (Å²) in [6, 6.07) is 5.98. The molecule has 0 saturated carbocycles. The van der Waals surface area contributed by atoms with Crippen molar-refractivity contribution in [3.63, 3.8) is 0 Å². The van der Waals surface area contributed by atoms with Gasteiger partial charge in [0.2, 0.25) is 0 Å². The maximum absolute atomic E-state index is 11.4. The highest BCUT2D eigenvalue weighted by Crippen LogP contribution is 2.31. The molecule has 0 amide bonds. The average molecular weight is 267 g/mol. The first-order valence-corrected chi connectivity index (χ1v) is 8.09. The van der Waals surface area contributed by atoms with Gasteiger partial charge in [0, 0.05) is 34.9 Å². The van der Waals surface area contributed by atoms with Crippen LogP contribution in [0, 0.1) is 0 Å². The predicted octanol–water partition coefficient (Wildman–Crippen LogP) is 2.13. The fourth-order valence-electron chi connectivity index (χ4n) is 2.50. The van der Waals surface area contributed by atoms with E-state index < -0.39 is 10.8 Å². The van der Waals surface area contributed by atoms with E-state index in [0.717, 1.165) is 37.3 Å². The number of rotatable bonds is 5. The van der Waals surface area contributed by atoms with Crippen LogP contribution >= 0.6 is 0 Å². The quantitative estimate of drug-likeness (QED) is 0.859. The Kier molecular flexibility index (Phi) is 4.78. The topological polar surface area (TPSA) is 49.3 Å². The molecule has 0 radical (unpaired) electrons. The van der Waals surface area contributed by atoms with Crippen molar-refractivity contribution in [1.82, 2.24) is 5.32 Å². The molecule has 100 valence electrons. The number of phenolic OH excluding ortho intramolecular Hbond substituents is 1. The predicted molar refractivity (Wildman–Crippen MR) is 75.3 cm³/mol. The Bertz CT molecular complexity index is 434. The van der Waals surface area contributed by atoms with Crippen LogP contribution in [0.25, 0.3) is 0 Å². The Balaban J connectivity index is 1.97. The number of nitrogens with one attached hydrogen (secondary N) is 1. The fraction of sp³-hybridized carbons (Fsp3) is 0.571. The highest BCUT2D eigenvalue weighted by molar-refractivity contribution is 7.84. The van der Waals surface area contributed by atoms with Gasteiger partial charge in [-0.15, -0.1) is 0 Å². The summed E-state index contributed by atoms with van der Waals surface area (Å²) >= 11 is 0. The van der Waals surface area contributed by atoms with Crippen LogP contribution in [0.4, 0.5) is 0 Å². The number of benzene rings is 1. The first-order valence-electron chi connectivity index (χ1n) is 6.61. The summed E-state index contributed by atoms with van der Waals surface area (Å²) in [5.74, 6) is 1.80. The Morgan fingerprint density at radius 2 is 2.33 bits per heavy atom. The summed E-state index contributed by atoms with van der Waals surface area (Å²) in [6.45, 7) is 2.75. The number of hydrogen-bond acceptors (Lipinski definition) is 3. The summed E-state index contributed by atoms with van der Waals surface area (Å²) < 4.78 is 11.4. The van der Waals surface area contributed by atoms with Crippen LogP contribution in [0.5, 0.6) is 5.75 Å². The molecule has 0 spiro atoms. The number of aryl methyl sites for hydroxylation is 1. The third-order valence-corrected chi connectivity index (χ3v) is 4.79. The third kappa shape index (κ3) is 3.33. The van der Waals surface area contributed by atoms with Crippen LogP contribution in [0.1, 0.15) is 36.9 Å². The van der Waals surface area contributed by atoms with Crippen LogP contribution in [-0.2, 0) is 17.2 Å². The minimum absolute atomic E-state index is 0.349. The molecule has 0 aromatic heterocycles. The van der Waals surface area contributed by atoms with Gasteiger partial charge in [-0.2, -0.15) is 0 Å². The van der Waals surface area contributed by atoms with E-state index >= 15 is 0 Å². The molecule has 2 atom stereocenters.